The lowest BCUT2D eigenvalue weighted by Gasteiger charge is -2.11. The van der Waals surface area contributed by atoms with Crippen LogP contribution in [0.4, 0.5) is 13.2 Å². The number of amides is 2. The number of nitrogens with zero attached hydrogens (tertiary/aromatic N) is 1. The maximum Gasteiger partial charge on any atom is 0.416 e. The Morgan fingerprint density at radius 2 is 1.84 bits per heavy atom. The Kier molecular flexibility index (Phi) is 7.75. The first-order valence-electron chi connectivity index (χ1n) is 9.17. The maximum absolute atomic E-state index is 12.7. The molecule has 31 heavy (non-hydrogen) atoms. The quantitative estimate of drug-likeness (QED) is 0.290. The molecular weight excluding hydrogens is 451 g/mol. The second-order valence-corrected chi connectivity index (χ2v) is 8.68. The minimum atomic E-state index is -4.50. The average Bonchev–Trinajstić information content (AvgIpc) is 3.16. The van der Waals surface area contributed by atoms with E-state index >= 15 is 0 Å². The van der Waals surface area contributed by atoms with Gasteiger partial charge in [-0.05, 0) is 36.8 Å². The molecule has 0 spiro atoms. The van der Waals surface area contributed by atoms with E-state index in [1.165, 1.54) is 12.1 Å². The number of carbonyl (C=O) groups is 2. The molecule has 3 aromatic rings. The summed E-state index contributed by atoms with van der Waals surface area (Å²) in [5, 5.41) is 0. The molecule has 0 unspecified atom stereocenters. The first kappa shape index (κ1) is 22.9. The zero-order valence-electron chi connectivity index (χ0n) is 16.1. The topological polar surface area (TPSA) is 80.3 Å². The Morgan fingerprint density at radius 1 is 1.06 bits per heavy atom. The van der Waals surface area contributed by atoms with E-state index in [4.69, 9.17) is 4.74 Å². The van der Waals surface area contributed by atoms with Gasteiger partial charge < -0.3 is 4.74 Å². The fourth-order valence-corrected chi connectivity index (χ4v) is 4.53. The number of halogens is 3. The van der Waals surface area contributed by atoms with Crippen LogP contribution < -0.4 is 15.6 Å². The number of thiazole rings is 1. The Balaban J connectivity index is 1.31. The third-order valence-corrected chi connectivity index (χ3v) is 6.19. The van der Waals surface area contributed by atoms with Crippen LogP contribution in [-0.4, -0.2) is 29.2 Å². The molecule has 2 N–H and O–H groups in total. The normalized spacial score (nSPS) is 11.3. The van der Waals surface area contributed by atoms with Crippen LogP contribution in [0.5, 0.6) is 5.75 Å². The number of ether oxygens (including phenoxy) is 1. The number of nitrogens with one attached hydrogen (secondary N) is 2. The summed E-state index contributed by atoms with van der Waals surface area (Å²) in [4.78, 5) is 28.0. The Morgan fingerprint density at radius 3 is 2.61 bits per heavy atom. The molecular formula is C20H18F3N3O3S2. The molecule has 0 saturated carbocycles. The van der Waals surface area contributed by atoms with Crippen molar-refractivity contribution in [3.8, 4) is 5.75 Å². The number of para-hydroxylation sites is 1. The zero-order chi connectivity index (χ0) is 22.3. The summed E-state index contributed by atoms with van der Waals surface area (Å²) in [5.74, 6) is -0.463. The smallest absolute Gasteiger partial charge is 0.416 e. The fraction of sp³-hybridized carbons (Fsp3) is 0.250. The number of benzene rings is 2. The monoisotopic (exact) mass is 469 g/mol. The maximum atomic E-state index is 12.7. The van der Waals surface area contributed by atoms with Gasteiger partial charge >= 0.3 is 6.18 Å². The summed E-state index contributed by atoms with van der Waals surface area (Å²) in [5.41, 5.74) is 4.50. The second-order valence-electron chi connectivity index (χ2n) is 6.31. The molecule has 0 bridgehead atoms. The lowest BCUT2D eigenvalue weighted by molar-refractivity contribution is -0.137. The molecule has 11 heteroatoms. The first-order valence-corrected chi connectivity index (χ1v) is 11.0. The molecule has 0 aliphatic rings. The van der Waals surface area contributed by atoms with Gasteiger partial charge in [0, 0.05) is 12.2 Å². The van der Waals surface area contributed by atoms with Crippen LogP contribution >= 0.6 is 23.1 Å². The second kappa shape index (κ2) is 10.5. The van der Waals surface area contributed by atoms with E-state index in [0.717, 1.165) is 26.7 Å². The summed E-state index contributed by atoms with van der Waals surface area (Å²) in [6.07, 6.45) is -3.71. The van der Waals surface area contributed by atoms with Crippen molar-refractivity contribution < 1.29 is 27.5 Å². The van der Waals surface area contributed by atoms with E-state index in [-0.39, 0.29) is 18.1 Å². The van der Waals surface area contributed by atoms with E-state index in [9.17, 15) is 22.8 Å². The molecule has 6 nitrogen and oxygen atoms in total. The molecule has 0 aliphatic carbocycles. The SMILES string of the molecule is O=C(CCCSc1nc2ccccc2s1)NNC(=O)COc1cccc(C(F)(F)F)c1. The zero-order valence-corrected chi connectivity index (χ0v) is 17.7. The van der Waals surface area contributed by atoms with Crippen LogP contribution in [0, 0.1) is 0 Å². The summed E-state index contributed by atoms with van der Waals surface area (Å²) in [6.45, 7) is -0.533. The largest absolute Gasteiger partial charge is 0.484 e. The van der Waals surface area contributed by atoms with E-state index in [1.54, 1.807) is 23.1 Å². The van der Waals surface area contributed by atoms with Crippen molar-refractivity contribution in [1.82, 2.24) is 15.8 Å². The number of alkyl halides is 3. The molecule has 1 aromatic heterocycles. The number of hydrogen-bond acceptors (Lipinski definition) is 6. The average molecular weight is 470 g/mol. The van der Waals surface area contributed by atoms with Gasteiger partial charge in [-0.1, -0.05) is 30.0 Å². The minimum Gasteiger partial charge on any atom is -0.484 e. The van der Waals surface area contributed by atoms with E-state index in [1.807, 2.05) is 24.3 Å². The number of rotatable bonds is 8. The van der Waals surface area contributed by atoms with Crippen LogP contribution in [-0.2, 0) is 15.8 Å². The number of thioether (sulfide) groups is 1. The highest BCUT2D eigenvalue weighted by Gasteiger charge is 2.30. The van der Waals surface area contributed by atoms with Crippen LogP contribution in [0.15, 0.2) is 52.9 Å². The number of hydrazine groups is 1. The van der Waals surface area contributed by atoms with Gasteiger partial charge in [0.2, 0.25) is 5.91 Å². The fourth-order valence-electron chi connectivity index (χ4n) is 2.45. The third-order valence-electron chi connectivity index (χ3n) is 3.92. The predicted molar refractivity (Wildman–Crippen MR) is 113 cm³/mol. The molecule has 0 radical (unpaired) electrons. The van der Waals surface area contributed by atoms with Gasteiger partial charge in [-0.3, -0.25) is 20.4 Å². The number of fused-ring (bicyclic) bond motifs is 1. The van der Waals surface area contributed by atoms with Crippen molar-refractivity contribution in [3.63, 3.8) is 0 Å². The summed E-state index contributed by atoms with van der Waals surface area (Å²) < 4.78 is 45.1. The number of carbonyl (C=O) groups excluding carboxylic acids is 2. The van der Waals surface area contributed by atoms with Crippen LogP contribution in [0.25, 0.3) is 10.2 Å². The van der Waals surface area contributed by atoms with Gasteiger partial charge in [-0.25, -0.2) is 4.98 Å². The lowest BCUT2D eigenvalue weighted by Crippen LogP contribution is -2.43. The van der Waals surface area contributed by atoms with Crippen molar-refractivity contribution in [2.75, 3.05) is 12.4 Å². The first-order chi connectivity index (χ1) is 14.8. The lowest BCUT2D eigenvalue weighted by atomic mass is 10.2. The highest BCUT2D eigenvalue weighted by Crippen LogP contribution is 2.31. The molecule has 0 saturated heterocycles. The van der Waals surface area contributed by atoms with Crippen molar-refractivity contribution in [2.45, 2.75) is 23.4 Å². The Labute approximate surface area is 184 Å². The van der Waals surface area contributed by atoms with Gasteiger partial charge in [0.1, 0.15) is 5.75 Å². The van der Waals surface area contributed by atoms with E-state index < -0.39 is 24.3 Å². The molecule has 0 atom stereocenters. The standard InChI is InChI=1S/C20H18F3N3O3S2/c21-20(22,23)13-5-3-6-14(11-13)29-12-18(28)26-25-17(27)9-4-10-30-19-24-15-7-1-2-8-16(15)31-19/h1-3,5-8,11H,4,9-10,12H2,(H,25,27)(H,26,28). The molecule has 0 fully saturated rings. The summed E-state index contributed by atoms with van der Waals surface area (Å²) in [7, 11) is 0. The molecule has 0 aliphatic heterocycles. The van der Waals surface area contributed by atoms with Crippen LogP contribution in [0.2, 0.25) is 0 Å². The minimum absolute atomic E-state index is 0.0943. The van der Waals surface area contributed by atoms with E-state index in [2.05, 4.69) is 15.8 Å². The van der Waals surface area contributed by atoms with Gasteiger partial charge in [0.25, 0.3) is 5.91 Å². The van der Waals surface area contributed by atoms with Crippen molar-refractivity contribution in [2.24, 2.45) is 0 Å². The van der Waals surface area contributed by atoms with Crippen molar-refractivity contribution >= 4 is 45.1 Å². The Bertz CT molecular complexity index is 1020. The van der Waals surface area contributed by atoms with E-state index in [0.29, 0.717) is 12.2 Å². The summed E-state index contributed by atoms with van der Waals surface area (Å²) >= 11 is 3.16. The third kappa shape index (κ3) is 7.14. The highest BCUT2D eigenvalue weighted by atomic mass is 32.2. The molecule has 164 valence electrons. The predicted octanol–water partition coefficient (Wildman–Crippen LogP) is 4.41. The number of hydrogen-bond donors (Lipinski definition) is 2. The molecule has 2 aromatic carbocycles. The van der Waals surface area contributed by atoms with Crippen LogP contribution in [0.1, 0.15) is 18.4 Å². The molecule has 1 heterocycles. The molecule has 3 rings (SSSR count). The Hall–Kier alpha value is -2.79. The van der Waals surface area contributed by atoms with Gasteiger partial charge in [0.05, 0.1) is 15.8 Å². The molecule has 2 amide bonds. The van der Waals surface area contributed by atoms with Crippen LogP contribution in [0.3, 0.4) is 0 Å². The summed E-state index contributed by atoms with van der Waals surface area (Å²) in [6, 6.07) is 12.0. The number of aromatic nitrogens is 1. The highest BCUT2D eigenvalue weighted by molar-refractivity contribution is 8.01. The van der Waals surface area contributed by atoms with Gasteiger partial charge in [-0.15, -0.1) is 11.3 Å². The van der Waals surface area contributed by atoms with Crippen molar-refractivity contribution in [1.29, 1.82) is 0 Å². The van der Waals surface area contributed by atoms with Gasteiger partial charge in [0.15, 0.2) is 10.9 Å². The van der Waals surface area contributed by atoms with Crippen molar-refractivity contribution in [3.05, 3.63) is 54.1 Å². The van der Waals surface area contributed by atoms with Gasteiger partial charge in [-0.2, -0.15) is 13.2 Å².